The average Bonchev–Trinajstić information content (AvgIpc) is 2.82. The summed E-state index contributed by atoms with van der Waals surface area (Å²) in [5, 5.41) is 3.10. The maximum atomic E-state index is 11.8. The first-order valence-corrected chi connectivity index (χ1v) is 7.37. The summed E-state index contributed by atoms with van der Waals surface area (Å²) < 4.78 is 35.0. The lowest BCUT2D eigenvalue weighted by Gasteiger charge is -2.07. The number of rotatable bonds is 9. The van der Waals surface area contributed by atoms with Crippen LogP contribution in [0.25, 0.3) is 0 Å². The first-order chi connectivity index (χ1) is 8.98. The summed E-state index contributed by atoms with van der Waals surface area (Å²) in [6.45, 7) is 5.29. The highest BCUT2D eigenvalue weighted by atomic mass is 32.2. The summed E-state index contributed by atoms with van der Waals surface area (Å²) in [5.74, 6) is 0.588. The minimum Gasteiger partial charge on any atom is -0.502 e. The van der Waals surface area contributed by atoms with Crippen LogP contribution in [0, 0.1) is 0 Å². The molecule has 7 heteroatoms. The number of nitrogens with zero attached hydrogens (tertiary/aromatic N) is 1. The Morgan fingerprint density at radius 2 is 2.21 bits per heavy atom. The Kier molecular flexibility index (Phi) is 6.07. The van der Waals surface area contributed by atoms with Gasteiger partial charge in [0.1, 0.15) is 5.76 Å². The van der Waals surface area contributed by atoms with E-state index in [0.717, 1.165) is 17.3 Å². The standard InChI is InChI=1S/C12H20N2O4S/c1-4-17-9-5-8-13-10-11-6-7-12(18-11)19(15,16)14(2)3/h4,6-7,13H,1,5,8-10H2,2-3H3. The van der Waals surface area contributed by atoms with E-state index in [-0.39, 0.29) is 5.09 Å². The van der Waals surface area contributed by atoms with Gasteiger partial charge in [-0.15, -0.1) is 0 Å². The molecule has 1 heterocycles. The van der Waals surface area contributed by atoms with Gasteiger partial charge in [0.2, 0.25) is 5.09 Å². The quantitative estimate of drug-likeness (QED) is 0.545. The Balaban J connectivity index is 2.41. The van der Waals surface area contributed by atoms with Crippen molar-refractivity contribution in [3.05, 3.63) is 30.7 Å². The Morgan fingerprint density at radius 1 is 1.47 bits per heavy atom. The summed E-state index contributed by atoms with van der Waals surface area (Å²) >= 11 is 0. The normalized spacial score (nSPS) is 11.7. The highest BCUT2D eigenvalue weighted by Crippen LogP contribution is 2.16. The molecule has 6 nitrogen and oxygen atoms in total. The molecule has 19 heavy (non-hydrogen) atoms. The number of hydrogen-bond donors (Lipinski definition) is 1. The van der Waals surface area contributed by atoms with Gasteiger partial charge in [0.25, 0.3) is 10.0 Å². The van der Waals surface area contributed by atoms with Crippen molar-refractivity contribution in [1.29, 1.82) is 0 Å². The lowest BCUT2D eigenvalue weighted by atomic mass is 10.4. The third kappa shape index (κ3) is 4.70. The van der Waals surface area contributed by atoms with E-state index >= 15 is 0 Å². The molecule has 0 radical (unpaired) electrons. The molecule has 0 saturated heterocycles. The van der Waals surface area contributed by atoms with E-state index in [1.165, 1.54) is 26.4 Å². The molecule has 0 unspecified atom stereocenters. The lowest BCUT2D eigenvalue weighted by Crippen LogP contribution is -2.21. The Labute approximate surface area is 114 Å². The summed E-state index contributed by atoms with van der Waals surface area (Å²) in [6.07, 6.45) is 2.25. The first kappa shape index (κ1) is 15.7. The Hall–Kier alpha value is -1.31. The molecule has 0 aliphatic carbocycles. The zero-order chi connectivity index (χ0) is 14.3. The molecule has 0 amide bonds. The van der Waals surface area contributed by atoms with Gasteiger partial charge in [-0.05, 0) is 25.1 Å². The second-order valence-corrected chi connectivity index (χ2v) is 6.16. The minimum absolute atomic E-state index is 0.0377. The minimum atomic E-state index is -3.49. The highest BCUT2D eigenvalue weighted by molar-refractivity contribution is 7.88. The van der Waals surface area contributed by atoms with Gasteiger partial charge in [0, 0.05) is 14.1 Å². The zero-order valence-corrected chi connectivity index (χ0v) is 12.1. The fourth-order valence-electron chi connectivity index (χ4n) is 1.35. The fourth-order valence-corrected chi connectivity index (χ4v) is 2.16. The van der Waals surface area contributed by atoms with Crippen LogP contribution in [0.1, 0.15) is 12.2 Å². The number of hydrogen-bond acceptors (Lipinski definition) is 5. The number of sulfonamides is 1. The van der Waals surface area contributed by atoms with Crippen molar-refractivity contribution < 1.29 is 17.6 Å². The smallest absolute Gasteiger partial charge is 0.275 e. The van der Waals surface area contributed by atoms with Gasteiger partial charge in [-0.1, -0.05) is 6.58 Å². The predicted molar refractivity (Wildman–Crippen MR) is 72.1 cm³/mol. The van der Waals surface area contributed by atoms with Crippen LogP contribution in [0.2, 0.25) is 0 Å². The molecule has 1 aromatic rings. The van der Waals surface area contributed by atoms with Gasteiger partial charge in [-0.3, -0.25) is 0 Å². The molecule has 0 spiro atoms. The lowest BCUT2D eigenvalue weighted by molar-refractivity contribution is 0.244. The van der Waals surface area contributed by atoms with E-state index < -0.39 is 10.0 Å². The third-order valence-electron chi connectivity index (χ3n) is 2.40. The molecule has 0 atom stereocenters. The first-order valence-electron chi connectivity index (χ1n) is 5.93. The van der Waals surface area contributed by atoms with Gasteiger partial charge < -0.3 is 14.5 Å². The molecular formula is C12H20N2O4S. The highest BCUT2D eigenvalue weighted by Gasteiger charge is 2.21. The Morgan fingerprint density at radius 3 is 2.84 bits per heavy atom. The second-order valence-electron chi connectivity index (χ2n) is 4.08. The number of furan rings is 1. The topological polar surface area (TPSA) is 71.8 Å². The van der Waals surface area contributed by atoms with E-state index in [2.05, 4.69) is 11.9 Å². The zero-order valence-electron chi connectivity index (χ0n) is 11.3. The van der Waals surface area contributed by atoms with Crippen molar-refractivity contribution in [3.8, 4) is 0 Å². The van der Waals surface area contributed by atoms with Crippen LogP contribution < -0.4 is 5.32 Å². The molecule has 108 valence electrons. The molecule has 0 aromatic carbocycles. The van der Waals surface area contributed by atoms with Gasteiger partial charge in [-0.25, -0.2) is 12.7 Å². The van der Waals surface area contributed by atoms with Crippen LogP contribution in [0.5, 0.6) is 0 Å². The SMILES string of the molecule is C=COCCCNCc1ccc(S(=O)(=O)N(C)C)o1. The summed E-state index contributed by atoms with van der Waals surface area (Å²) in [4.78, 5) is 0. The van der Waals surface area contributed by atoms with E-state index in [1.54, 1.807) is 6.07 Å². The molecule has 1 aromatic heterocycles. The summed E-state index contributed by atoms with van der Waals surface area (Å²) in [6, 6.07) is 3.12. The summed E-state index contributed by atoms with van der Waals surface area (Å²) in [5.41, 5.74) is 0. The largest absolute Gasteiger partial charge is 0.502 e. The Bertz CT molecular complexity index is 494. The van der Waals surface area contributed by atoms with E-state index in [1.807, 2.05) is 0 Å². The van der Waals surface area contributed by atoms with Crippen molar-refractivity contribution >= 4 is 10.0 Å². The maximum Gasteiger partial charge on any atom is 0.275 e. The molecule has 0 aliphatic heterocycles. The predicted octanol–water partition coefficient (Wildman–Crippen LogP) is 1.17. The fraction of sp³-hybridized carbons (Fsp3) is 0.500. The van der Waals surface area contributed by atoms with Crippen molar-refractivity contribution in [2.45, 2.75) is 18.1 Å². The molecule has 1 rings (SSSR count). The molecule has 0 bridgehead atoms. The maximum absolute atomic E-state index is 11.8. The molecule has 0 saturated carbocycles. The van der Waals surface area contributed by atoms with Crippen LogP contribution in [-0.4, -0.2) is 40.0 Å². The van der Waals surface area contributed by atoms with Gasteiger partial charge >= 0.3 is 0 Å². The van der Waals surface area contributed by atoms with Gasteiger partial charge in [0.05, 0.1) is 19.4 Å². The molecule has 0 aliphatic rings. The van der Waals surface area contributed by atoms with Crippen molar-refractivity contribution in [2.75, 3.05) is 27.2 Å². The van der Waals surface area contributed by atoms with E-state index in [4.69, 9.17) is 9.15 Å². The van der Waals surface area contributed by atoms with E-state index in [9.17, 15) is 8.42 Å². The third-order valence-corrected chi connectivity index (χ3v) is 4.09. The summed E-state index contributed by atoms with van der Waals surface area (Å²) in [7, 11) is -0.556. The molecular weight excluding hydrogens is 268 g/mol. The molecule has 1 N–H and O–H groups in total. The van der Waals surface area contributed by atoms with Gasteiger partial charge in [-0.2, -0.15) is 0 Å². The van der Waals surface area contributed by atoms with Crippen LogP contribution in [0.4, 0.5) is 0 Å². The van der Waals surface area contributed by atoms with Crippen molar-refractivity contribution in [3.63, 3.8) is 0 Å². The average molecular weight is 288 g/mol. The number of ether oxygens (including phenoxy) is 1. The second kappa shape index (κ2) is 7.32. The van der Waals surface area contributed by atoms with Crippen LogP contribution in [0.15, 0.2) is 34.5 Å². The van der Waals surface area contributed by atoms with Gasteiger partial charge in [0.15, 0.2) is 0 Å². The number of nitrogens with one attached hydrogen (secondary N) is 1. The van der Waals surface area contributed by atoms with Crippen molar-refractivity contribution in [2.24, 2.45) is 0 Å². The van der Waals surface area contributed by atoms with E-state index in [0.29, 0.717) is 18.9 Å². The van der Waals surface area contributed by atoms with Crippen LogP contribution >= 0.6 is 0 Å². The van der Waals surface area contributed by atoms with Crippen LogP contribution in [0.3, 0.4) is 0 Å². The van der Waals surface area contributed by atoms with Crippen molar-refractivity contribution in [1.82, 2.24) is 9.62 Å². The molecule has 0 fully saturated rings. The van der Waals surface area contributed by atoms with Crippen LogP contribution in [-0.2, 0) is 21.3 Å². The monoisotopic (exact) mass is 288 g/mol.